The van der Waals surface area contributed by atoms with E-state index in [1.54, 1.807) is 11.1 Å². The maximum Gasteiger partial charge on any atom is 0.243 e. The van der Waals surface area contributed by atoms with Crippen molar-refractivity contribution in [3.63, 3.8) is 0 Å². The monoisotopic (exact) mass is 430 g/mol. The highest BCUT2D eigenvalue weighted by atomic mass is 16.2. The summed E-state index contributed by atoms with van der Waals surface area (Å²) >= 11 is 0. The first kappa shape index (κ1) is 21.8. The van der Waals surface area contributed by atoms with Crippen molar-refractivity contribution in [3.05, 3.63) is 89.2 Å². The van der Waals surface area contributed by atoms with Gasteiger partial charge in [-0.3, -0.25) is 14.3 Å². The minimum absolute atomic E-state index is 0.0359. The number of aromatic nitrogens is 2. The number of carbonyl (C=O) groups excluding carboxylic acids is 2. The smallest absolute Gasteiger partial charge is 0.243 e. The Morgan fingerprint density at radius 1 is 1.03 bits per heavy atom. The van der Waals surface area contributed by atoms with Gasteiger partial charge in [-0.15, -0.1) is 0 Å². The summed E-state index contributed by atoms with van der Waals surface area (Å²) in [5.74, 6) is 0.178. The quantitative estimate of drug-likeness (QED) is 0.623. The third-order valence-electron chi connectivity index (χ3n) is 5.92. The van der Waals surface area contributed by atoms with Gasteiger partial charge in [0.1, 0.15) is 6.04 Å². The average Bonchev–Trinajstić information content (AvgIpc) is 3.30. The largest absolute Gasteiger partial charge is 0.350 e. The van der Waals surface area contributed by atoms with Crippen LogP contribution in [-0.2, 0) is 35.6 Å². The Labute approximate surface area is 189 Å². The number of nitrogens with one attached hydrogen (secondary N) is 1. The van der Waals surface area contributed by atoms with Crippen LogP contribution in [0.2, 0.25) is 0 Å². The summed E-state index contributed by atoms with van der Waals surface area (Å²) in [5, 5.41) is 7.38. The fourth-order valence-electron chi connectivity index (χ4n) is 4.24. The van der Waals surface area contributed by atoms with Crippen molar-refractivity contribution in [2.24, 2.45) is 5.92 Å². The SMILES string of the molecule is CC(C)CC(=O)N1Cc2ccccc2CC1C(=O)NCc1ccccc1Cn1cccn1. The maximum atomic E-state index is 13.3. The molecule has 0 spiro atoms. The van der Waals surface area contributed by atoms with Crippen LogP contribution in [0.1, 0.15) is 42.5 Å². The summed E-state index contributed by atoms with van der Waals surface area (Å²) in [6.07, 6.45) is 4.67. The van der Waals surface area contributed by atoms with Crippen LogP contribution < -0.4 is 5.32 Å². The second-order valence-electron chi connectivity index (χ2n) is 8.80. The van der Waals surface area contributed by atoms with Crippen LogP contribution in [0.15, 0.2) is 67.0 Å². The number of benzene rings is 2. The molecule has 0 radical (unpaired) electrons. The van der Waals surface area contributed by atoms with E-state index >= 15 is 0 Å². The zero-order valence-electron chi connectivity index (χ0n) is 18.7. The van der Waals surface area contributed by atoms with E-state index in [0.717, 1.165) is 22.3 Å². The molecule has 0 fully saturated rings. The van der Waals surface area contributed by atoms with Crippen LogP contribution in [0.4, 0.5) is 0 Å². The number of amides is 2. The van der Waals surface area contributed by atoms with Gasteiger partial charge >= 0.3 is 0 Å². The van der Waals surface area contributed by atoms with Crippen molar-refractivity contribution in [1.29, 1.82) is 0 Å². The first-order valence-corrected chi connectivity index (χ1v) is 11.2. The summed E-state index contributed by atoms with van der Waals surface area (Å²) in [6.45, 7) is 5.61. The summed E-state index contributed by atoms with van der Waals surface area (Å²) in [6, 6.07) is 17.5. The lowest BCUT2D eigenvalue weighted by Crippen LogP contribution is -2.52. The molecule has 6 nitrogen and oxygen atoms in total. The molecule has 1 aliphatic heterocycles. The summed E-state index contributed by atoms with van der Waals surface area (Å²) in [7, 11) is 0. The Hall–Kier alpha value is -3.41. The van der Waals surface area contributed by atoms with Crippen molar-refractivity contribution in [3.8, 4) is 0 Å². The van der Waals surface area contributed by atoms with Gasteiger partial charge in [0.2, 0.25) is 11.8 Å². The molecular weight excluding hydrogens is 400 g/mol. The highest BCUT2D eigenvalue weighted by Gasteiger charge is 2.34. The lowest BCUT2D eigenvalue weighted by Gasteiger charge is -2.36. The van der Waals surface area contributed by atoms with Crippen LogP contribution in [0.5, 0.6) is 0 Å². The number of carbonyl (C=O) groups is 2. The number of nitrogens with zero attached hydrogens (tertiary/aromatic N) is 3. The third-order valence-corrected chi connectivity index (χ3v) is 5.92. The molecule has 4 rings (SSSR count). The number of hydrogen-bond donors (Lipinski definition) is 1. The second kappa shape index (κ2) is 9.81. The molecule has 2 heterocycles. The van der Waals surface area contributed by atoms with Crippen molar-refractivity contribution in [1.82, 2.24) is 20.0 Å². The minimum atomic E-state index is -0.491. The predicted octanol–water partition coefficient (Wildman–Crippen LogP) is 3.55. The number of hydrogen-bond acceptors (Lipinski definition) is 3. The van der Waals surface area contributed by atoms with Crippen LogP contribution in [0, 0.1) is 5.92 Å². The fourth-order valence-corrected chi connectivity index (χ4v) is 4.24. The van der Waals surface area contributed by atoms with Gasteiger partial charge in [0.05, 0.1) is 6.54 Å². The van der Waals surface area contributed by atoms with E-state index in [1.165, 1.54) is 0 Å². The molecule has 32 heavy (non-hydrogen) atoms. The molecular formula is C26H30N4O2. The average molecular weight is 431 g/mol. The minimum Gasteiger partial charge on any atom is -0.350 e. The first-order chi connectivity index (χ1) is 15.5. The molecule has 0 saturated heterocycles. The molecule has 0 bridgehead atoms. The van der Waals surface area contributed by atoms with E-state index in [2.05, 4.69) is 22.5 Å². The van der Waals surface area contributed by atoms with Gasteiger partial charge in [0.25, 0.3) is 0 Å². The molecule has 1 unspecified atom stereocenters. The van der Waals surface area contributed by atoms with E-state index in [0.29, 0.717) is 32.5 Å². The van der Waals surface area contributed by atoms with Crippen LogP contribution in [0.3, 0.4) is 0 Å². The van der Waals surface area contributed by atoms with Gasteiger partial charge in [0.15, 0.2) is 0 Å². The highest BCUT2D eigenvalue weighted by Crippen LogP contribution is 2.25. The highest BCUT2D eigenvalue weighted by molar-refractivity contribution is 5.88. The van der Waals surface area contributed by atoms with Crippen LogP contribution >= 0.6 is 0 Å². The van der Waals surface area contributed by atoms with Crippen LogP contribution in [0.25, 0.3) is 0 Å². The Kier molecular flexibility index (Phi) is 6.69. The standard InChI is InChI=1S/C26H30N4O2/c1-19(2)14-25(31)30-18-23-11-5-3-8-20(23)15-24(30)26(32)27-16-21-9-4-6-10-22(21)17-29-13-7-12-28-29/h3-13,19,24H,14-18H2,1-2H3,(H,27,32). The molecule has 1 aliphatic rings. The zero-order chi connectivity index (χ0) is 22.5. The summed E-state index contributed by atoms with van der Waals surface area (Å²) in [4.78, 5) is 28.0. The van der Waals surface area contributed by atoms with Crippen LogP contribution in [-0.4, -0.2) is 32.5 Å². The van der Waals surface area contributed by atoms with Crippen molar-refractivity contribution < 1.29 is 9.59 Å². The Balaban J connectivity index is 1.49. The van der Waals surface area contributed by atoms with Gasteiger partial charge in [-0.1, -0.05) is 62.4 Å². The molecule has 166 valence electrons. The topological polar surface area (TPSA) is 67.2 Å². The molecule has 3 aromatic rings. The van der Waals surface area contributed by atoms with Gasteiger partial charge < -0.3 is 10.2 Å². The van der Waals surface area contributed by atoms with E-state index in [1.807, 2.05) is 67.2 Å². The molecule has 1 aromatic heterocycles. The van der Waals surface area contributed by atoms with Crippen molar-refractivity contribution in [2.45, 2.75) is 52.4 Å². The fraction of sp³-hybridized carbons (Fsp3) is 0.346. The molecule has 2 amide bonds. The molecule has 6 heteroatoms. The maximum absolute atomic E-state index is 13.3. The summed E-state index contributed by atoms with van der Waals surface area (Å²) < 4.78 is 1.87. The first-order valence-electron chi connectivity index (χ1n) is 11.2. The Bertz CT molecular complexity index is 1070. The molecule has 2 aromatic carbocycles. The van der Waals surface area contributed by atoms with Crippen molar-refractivity contribution in [2.75, 3.05) is 0 Å². The lowest BCUT2D eigenvalue weighted by molar-refractivity contribution is -0.142. The van der Waals surface area contributed by atoms with E-state index in [4.69, 9.17) is 0 Å². The Morgan fingerprint density at radius 2 is 1.75 bits per heavy atom. The van der Waals surface area contributed by atoms with Gasteiger partial charge in [-0.2, -0.15) is 5.10 Å². The second-order valence-corrected chi connectivity index (χ2v) is 8.80. The van der Waals surface area contributed by atoms with Gasteiger partial charge in [-0.05, 0) is 34.2 Å². The Morgan fingerprint density at radius 3 is 2.47 bits per heavy atom. The third kappa shape index (κ3) is 5.07. The van der Waals surface area contributed by atoms with Gasteiger partial charge in [0, 0.05) is 38.3 Å². The molecule has 1 N–H and O–H groups in total. The predicted molar refractivity (Wildman–Crippen MR) is 124 cm³/mol. The van der Waals surface area contributed by atoms with E-state index < -0.39 is 6.04 Å². The van der Waals surface area contributed by atoms with E-state index in [9.17, 15) is 9.59 Å². The summed E-state index contributed by atoms with van der Waals surface area (Å²) in [5.41, 5.74) is 4.42. The zero-order valence-corrected chi connectivity index (χ0v) is 18.7. The molecule has 0 aliphatic carbocycles. The number of rotatable bonds is 7. The van der Waals surface area contributed by atoms with Crippen molar-refractivity contribution >= 4 is 11.8 Å². The normalized spacial score (nSPS) is 15.5. The lowest BCUT2D eigenvalue weighted by atomic mass is 9.92. The number of fused-ring (bicyclic) bond motifs is 1. The van der Waals surface area contributed by atoms with E-state index in [-0.39, 0.29) is 17.7 Å². The molecule has 0 saturated carbocycles. The van der Waals surface area contributed by atoms with Gasteiger partial charge in [-0.25, -0.2) is 0 Å². The molecule has 1 atom stereocenters.